The van der Waals surface area contributed by atoms with Crippen LogP contribution >= 0.6 is 0 Å². The van der Waals surface area contributed by atoms with E-state index < -0.39 is 11.9 Å². The average Bonchev–Trinajstić information content (AvgIpc) is 3.01. The molecule has 0 aromatic heterocycles. The summed E-state index contributed by atoms with van der Waals surface area (Å²) in [5.74, 6) is -1.90. The molecule has 1 N–H and O–H groups in total. The fourth-order valence-electron chi connectivity index (χ4n) is 3.16. The van der Waals surface area contributed by atoms with Gasteiger partial charge in [-0.05, 0) is 25.0 Å². The molecule has 2 amide bonds. The molecule has 0 radical (unpaired) electrons. The third-order valence-electron chi connectivity index (χ3n) is 4.75. The highest BCUT2D eigenvalue weighted by Crippen LogP contribution is 2.19. The molecular formula is C22H27NO6. The summed E-state index contributed by atoms with van der Waals surface area (Å²) in [6.45, 7) is 0.484. The van der Waals surface area contributed by atoms with Crippen molar-refractivity contribution in [3.05, 3.63) is 42.0 Å². The van der Waals surface area contributed by atoms with Gasteiger partial charge in [-0.1, -0.05) is 50.7 Å². The molecule has 7 heteroatoms. The molecule has 0 fully saturated rings. The molecule has 0 saturated heterocycles. The van der Waals surface area contributed by atoms with Gasteiger partial charge in [0, 0.05) is 25.1 Å². The Bertz CT molecular complexity index is 752. The molecule has 1 aromatic rings. The summed E-state index contributed by atoms with van der Waals surface area (Å²) in [7, 11) is 0. The number of para-hydroxylation sites is 1. The van der Waals surface area contributed by atoms with Crippen molar-refractivity contribution in [1.29, 1.82) is 0 Å². The minimum atomic E-state index is -1.12. The van der Waals surface area contributed by atoms with E-state index in [4.69, 9.17) is 9.84 Å². The monoisotopic (exact) mass is 401 g/mol. The van der Waals surface area contributed by atoms with E-state index in [9.17, 15) is 19.2 Å². The lowest BCUT2D eigenvalue weighted by atomic mass is 10.1. The van der Waals surface area contributed by atoms with Crippen LogP contribution < -0.4 is 4.74 Å². The van der Waals surface area contributed by atoms with E-state index in [1.54, 1.807) is 12.1 Å². The molecule has 7 nitrogen and oxygen atoms in total. The van der Waals surface area contributed by atoms with Gasteiger partial charge in [0.2, 0.25) is 0 Å². The first kappa shape index (κ1) is 22.3. The van der Waals surface area contributed by atoms with Crippen LogP contribution in [-0.4, -0.2) is 40.3 Å². The number of esters is 1. The number of unbranched alkanes of at least 4 members (excludes halogenated alkanes) is 7. The number of rotatable bonds is 13. The van der Waals surface area contributed by atoms with Crippen molar-refractivity contribution in [3.8, 4) is 5.75 Å². The summed E-state index contributed by atoms with van der Waals surface area (Å²) in [5, 5.41) is 9.08. The molecule has 2 rings (SSSR count). The van der Waals surface area contributed by atoms with Crippen LogP contribution in [0.3, 0.4) is 0 Å². The van der Waals surface area contributed by atoms with E-state index in [0.717, 1.165) is 44.9 Å². The minimum Gasteiger partial charge on any atom is -0.478 e. The van der Waals surface area contributed by atoms with Crippen molar-refractivity contribution in [2.75, 3.05) is 6.54 Å². The van der Waals surface area contributed by atoms with Crippen LogP contribution in [0.4, 0.5) is 0 Å². The van der Waals surface area contributed by atoms with Gasteiger partial charge in [0.15, 0.2) is 0 Å². The molecule has 1 aliphatic heterocycles. The standard InChI is InChI=1S/C22H27NO6/c24-19-14-15-20(25)23(19)16-10-6-4-2-1-3-5-7-13-21(26)29-18-12-9-8-11-17(18)22(27)28/h8-9,11-12,14-15H,1-7,10,13,16H2,(H,27,28). The Morgan fingerprint density at radius 3 is 2.00 bits per heavy atom. The molecule has 0 saturated carbocycles. The zero-order valence-corrected chi connectivity index (χ0v) is 16.5. The van der Waals surface area contributed by atoms with Crippen LogP contribution in [0.5, 0.6) is 5.75 Å². The third kappa shape index (κ3) is 7.52. The Kier molecular flexibility index (Phi) is 9.08. The molecule has 1 heterocycles. The van der Waals surface area contributed by atoms with E-state index in [1.165, 1.54) is 29.2 Å². The summed E-state index contributed by atoms with van der Waals surface area (Å²) >= 11 is 0. The SMILES string of the molecule is O=C(CCCCCCCCCCN1C(=O)C=CC1=O)Oc1ccccc1C(=O)O. The Balaban J connectivity index is 1.47. The maximum absolute atomic E-state index is 11.9. The maximum atomic E-state index is 11.9. The smallest absolute Gasteiger partial charge is 0.339 e. The number of hydrogen-bond acceptors (Lipinski definition) is 5. The van der Waals surface area contributed by atoms with Crippen molar-refractivity contribution in [1.82, 2.24) is 4.90 Å². The Morgan fingerprint density at radius 2 is 1.38 bits per heavy atom. The van der Waals surface area contributed by atoms with E-state index >= 15 is 0 Å². The van der Waals surface area contributed by atoms with Crippen molar-refractivity contribution >= 4 is 23.8 Å². The fourth-order valence-corrected chi connectivity index (χ4v) is 3.16. The Hall–Kier alpha value is -2.96. The van der Waals surface area contributed by atoms with Gasteiger partial charge in [-0.2, -0.15) is 0 Å². The minimum absolute atomic E-state index is 0.0180. The molecule has 0 aliphatic carbocycles. The van der Waals surface area contributed by atoms with Crippen molar-refractivity contribution < 1.29 is 29.0 Å². The van der Waals surface area contributed by atoms with Gasteiger partial charge in [0.25, 0.3) is 11.8 Å². The number of carboxylic acid groups (broad SMARTS) is 1. The predicted octanol–water partition coefficient (Wildman–Crippen LogP) is 3.73. The lowest BCUT2D eigenvalue weighted by molar-refractivity contribution is -0.137. The quantitative estimate of drug-likeness (QED) is 0.234. The molecule has 29 heavy (non-hydrogen) atoms. The molecule has 0 atom stereocenters. The van der Waals surface area contributed by atoms with Crippen LogP contribution in [0.2, 0.25) is 0 Å². The molecule has 0 bridgehead atoms. The topological polar surface area (TPSA) is 101 Å². The highest BCUT2D eigenvalue weighted by atomic mass is 16.5. The second-order valence-electron chi connectivity index (χ2n) is 7.02. The summed E-state index contributed by atoms with van der Waals surface area (Å²) < 4.78 is 5.16. The normalized spacial score (nSPS) is 13.2. The summed E-state index contributed by atoms with van der Waals surface area (Å²) in [4.78, 5) is 47.1. The Morgan fingerprint density at radius 1 is 0.828 bits per heavy atom. The summed E-state index contributed by atoms with van der Waals surface area (Å²) in [5.41, 5.74) is -0.0180. The van der Waals surface area contributed by atoms with Crippen molar-refractivity contribution in [2.24, 2.45) is 0 Å². The average molecular weight is 401 g/mol. The first-order valence-electron chi connectivity index (χ1n) is 10.1. The first-order valence-corrected chi connectivity index (χ1v) is 10.1. The number of nitrogens with zero attached hydrogens (tertiary/aromatic N) is 1. The van der Waals surface area contributed by atoms with Gasteiger partial charge < -0.3 is 9.84 Å². The zero-order valence-electron chi connectivity index (χ0n) is 16.5. The Labute approximate surface area is 170 Å². The number of benzene rings is 1. The fraction of sp³-hybridized carbons (Fsp3) is 0.455. The number of carbonyl (C=O) groups is 4. The van der Waals surface area contributed by atoms with E-state index in [-0.39, 0.29) is 29.5 Å². The van der Waals surface area contributed by atoms with Crippen LogP contribution in [0, 0.1) is 0 Å². The van der Waals surface area contributed by atoms with Gasteiger partial charge >= 0.3 is 11.9 Å². The number of ether oxygens (including phenoxy) is 1. The lowest BCUT2D eigenvalue weighted by Crippen LogP contribution is -2.30. The van der Waals surface area contributed by atoms with Crippen LogP contribution in [0.15, 0.2) is 36.4 Å². The van der Waals surface area contributed by atoms with Gasteiger partial charge in [0.1, 0.15) is 11.3 Å². The van der Waals surface area contributed by atoms with E-state index in [2.05, 4.69) is 0 Å². The van der Waals surface area contributed by atoms with Gasteiger partial charge in [-0.25, -0.2) is 4.79 Å². The van der Waals surface area contributed by atoms with Gasteiger partial charge in [-0.3, -0.25) is 19.3 Å². The number of carbonyl (C=O) groups excluding carboxylic acids is 3. The number of aromatic carboxylic acids is 1. The molecule has 0 spiro atoms. The number of carboxylic acids is 1. The highest BCUT2D eigenvalue weighted by Gasteiger charge is 2.22. The second kappa shape index (κ2) is 11.8. The number of hydrogen-bond donors (Lipinski definition) is 1. The second-order valence-corrected chi connectivity index (χ2v) is 7.02. The van der Waals surface area contributed by atoms with Gasteiger partial charge in [-0.15, -0.1) is 0 Å². The number of amides is 2. The van der Waals surface area contributed by atoms with Crippen LogP contribution in [0.25, 0.3) is 0 Å². The predicted molar refractivity (Wildman–Crippen MR) is 106 cm³/mol. The van der Waals surface area contributed by atoms with Crippen molar-refractivity contribution in [3.63, 3.8) is 0 Å². The first-order chi connectivity index (χ1) is 14.0. The number of imide groups is 1. The zero-order chi connectivity index (χ0) is 21.1. The van der Waals surface area contributed by atoms with Crippen LogP contribution in [0.1, 0.15) is 68.1 Å². The van der Waals surface area contributed by atoms with E-state index in [0.29, 0.717) is 13.0 Å². The molecule has 1 aromatic carbocycles. The van der Waals surface area contributed by atoms with Crippen LogP contribution in [-0.2, 0) is 14.4 Å². The van der Waals surface area contributed by atoms with Gasteiger partial charge in [0.05, 0.1) is 0 Å². The summed E-state index contributed by atoms with van der Waals surface area (Å²) in [6.07, 6.45) is 10.5. The molecule has 0 unspecified atom stereocenters. The maximum Gasteiger partial charge on any atom is 0.339 e. The largest absolute Gasteiger partial charge is 0.478 e. The lowest BCUT2D eigenvalue weighted by Gasteiger charge is -2.13. The third-order valence-corrected chi connectivity index (χ3v) is 4.75. The van der Waals surface area contributed by atoms with E-state index in [1.807, 2.05) is 0 Å². The molecule has 156 valence electrons. The highest BCUT2D eigenvalue weighted by molar-refractivity contribution is 6.12. The summed E-state index contributed by atoms with van der Waals surface area (Å²) in [6, 6.07) is 6.10. The van der Waals surface area contributed by atoms with Crippen molar-refractivity contribution in [2.45, 2.75) is 57.8 Å². The molecule has 1 aliphatic rings. The molecular weight excluding hydrogens is 374 g/mol.